The summed E-state index contributed by atoms with van der Waals surface area (Å²) < 4.78 is 23.1. The summed E-state index contributed by atoms with van der Waals surface area (Å²) in [6.07, 6.45) is 3.07. The fourth-order valence-corrected chi connectivity index (χ4v) is 1.31. The van der Waals surface area contributed by atoms with Crippen molar-refractivity contribution >= 4 is 5.91 Å². The second kappa shape index (κ2) is 2.94. The van der Waals surface area contributed by atoms with E-state index < -0.39 is 17.2 Å². The van der Waals surface area contributed by atoms with Gasteiger partial charge in [0.25, 0.3) is 5.91 Å². The highest BCUT2D eigenvalue weighted by Crippen LogP contribution is 2.26. The lowest BCUT2D eigenvalue weighted by atomic mass is 10.1. The maximum Gasteiger partial charge on any atom is 0.286 e. The summed E-state index contributed by atoms with van der Waals surface area (Å²) >= 11 is 0. The lowest BCUT2D eigenvalue weighted by molar-refractivity contribution is -0.191. The molecule has 0 atom stereocenters. The van der Waals surface area contributed by atoms with E-state index in [9.17, 15) is 13.8 Å². The molecule has 58 valence electrons. The Kier molecular flexibility index (Phi) is 2.19. The molecule has 1 aliphatic rings. The summed E-state index contributed by atoms with van der Waals surface area (Å²) in [5.74, 6) is -1.42. The Morgan fingerprint density at radius 1 is 1.30 bits per heavy atom. The first-order valence-corrected chi connectivity index (χ1v) is 3.37. The van der Waals surface area contributed by atoms with Crippen molar-refractivity contribution in [3.63, 3.8) is 0 Å². The summed E-state index contributed by atoms with van der Waals surface area (Å²) in [7, 11) is 0. The molecule has 0 unspecified atom stereocenters. The van der Waals surface area contributed by atoms with Crippen LogP contribution in [-0.2, 0) is 4.79 Å². The number of hydrogen-bond acceptors (Lipinski definition) is 1. The molecule has 0 spiro atoms. The lowest BCUT2D eigenvalue weighted by Crippen LogP contribution is -2.21. The zero-order valence-corrected chi connectivity index (χ0v) is 5.52. The van der Waals surface area contributed by atoms with Crippen LogP contribution in [0.5, 0.6) is 0 Å². The van der Waals surface area contributed by atoms with Crippen LogP contribution in [0.1, 0.15) is 25.7 Å². The third kappa shape index (κ3) is 1.43. The van der Waals surface area contributed by atoms with Gasteiger partial charge in [-0.2, -0.15) is 0 Å². The van der Waals surface area contributed by atoms with E-state index in [0.717, 1.165) is 12.8 Å². The minimum atomic E-state index is -1.30. The predicted molar refractivity (Wildman–Crippen MR) is 31.0 cm³/mol. The van der Waals surface area contributed by atoms with E-state index in [4.69, 9.17) is 0 Å². The Bertz CT molecular complexity index is 132. The first-order valence-electron chi connectivity index (χ1n) is 3.37. The Morgan fingerprint density at radius 3 is 2.20 bits per heavy atom. The van der Waals surface area contributed by atoms with E-state index in [1.165, 1.54) is 0 Å². The highest BCUT2D eigenvalue weighted by molar-refractivity contribution is 5.76. The SMILES string of the molecule is O=C(C1CCCC1)N(F)F. The van der Waals surface area contributed by atoms with Gasteiger partial charge in [-0.05, 0) is 18.2 Å². The highest BCUT2D eigenvalue weighted by atomic mass is 19.4. The fourth-order valence-electron chi connectivity index (χ4n) is 1.31. The first-order chi connectivity index (χ1) is 4.72. The molecule has 0 aromatic carbocycles. The molecule has 0 bridgehead atoms. The van der Waals surface area contributed by atoms with Gasteiger partial charge in [0.05, 0.1) is 0 Å². The van der Waals surface area contributed by atoms with Gasteiger partial charge in [-0.15, -0.1) is 0 Å². The van der Waals surface area contributed by atoms with Gasteiger partial charge in [-0.25, -0.2) is 0 Å². The number of carbonyl (C=O) groups excluding carboxylic acids is 1. The molecule has 1 aliphatic carbocycles. The molecule has 1 saturated carbocycles. The van der Waals surface area contributed by atoms with Gasteiger partial charge in [0.1, 0.15) is 0 Å². The maximum atomic E-state index is 11.6. The monoisotopic (exact) mass is 149 g/mol. The number of rotatable bonds is 1. The van der Waals surface area contributed by atoms with Crippen LogP contribution in [0.2, 0.25) is 0 Å². The van der Waals surface area contributed by atoms with Crippen LogP contribution in [-0.4, -0.2) is 11.3 Å². The molecule has 10 heavy (non-hydrogen) atoms. The van der Waals surface area contributed by atoms with Gasteiger partial charge in [0, 0.05) is 5.92 Å². The van der Waals surface area contributed by atoms with E-state index in [2.05, 4.69) is 0 Å². The van der Waals surface area contributed by atoms with Crippen molar-refractivity contribution in [3.05, 3.63) is 0 Å². The Labute approximate surface area is 57.7 Å². The number of hydrogen-bond donors (Lipinski definition) is 0. The zero-order chi connectivity index (χ0) is 7.56. The predicted octanol–water partition coefficient (Wildman–Crippen LogP) is 1.77. The van der Waals surface area contributed by atoms with Crippen molar-refractivity contribution in [3.8, 4) is 0 Å². The third-order valence-electron chi connectivity index (χ3n) is 1.87. The normalized spacial score (nSPS) is 19.4. The Morgan fingerprint density at radius 2 is 1.80 bits per heavy atom. The van der Waals surface area contributed by atoms with Crippen molar-refractivity contribution in [1.82, 2.24) is 5.34 Å². The molecule has 0 aliphatic heterocycles. The topological polar surface area (TPSA) is 20.3 Å². The fraction of sp³-hybridized carbons (Fsp3) is 0.833. The summed E-state index contributed by atoms with van der Waals surface area (Å²) in [5.41, 5.74) is 0. The zero-order valence-electron chi connectivity index (χ0n) is 5.52. The van der Waals surface area contributed by atoms with E-state index in [1.54, 1.807) is 0 Å². The maximum absolute atomic E-state index is 11.6. The summed E-state index contributed by atoms with van der Waals surface area (Å²) in [4.78, 5) is 10.5. The second-order valence-electron chi connectivity index (χ2n) is 2.55. The van der Waals surface area contributed by atoms with Gasteiger partial charge in [0.15, 0.2) is 0 Å². The molecule has 0 saturated heterocycles. The minimum Gasteiger partial charge on any atom is -0.269 e. The lowest BCUT2D eigenvalue weighted by Gasteiger charge is -2.05. The standard InChI is InChI=1S/C6H9F2NO/c7-9(8)6(10)5-3-1-2-4-5/h5H,1-4H2. The van der Waals surface area contributed by atoms with Gasteiger partial charge in [0.2, 0.25) is 0 Å². The first kappa shape index (κ1) is 7.44. The number of carbonyl (C=O) groups is 1. The molecule has 1 amide bonds. The van der Waals surface area contributed by atoms with Crippen molar-refractivity contribution in [2.24, 2.45) is 5.92 Å². The smallest absolute Gasteiger partial charge is 0.269 e. The van der Waals surface area contributed by atoms with Gasteiger partial charge in [-0.3, -0.25) is 4.79 Å². The van der Waals surface area contributed by atoms with Gasteiger partial charge >= 0.3 is 0 Å². The molecule has 0 aromatic heterocycles. The molecule has 0 radical (unpaired) electrons. The summed E-state index contributed by atoms with van der Waals surface area (Å²) in [6, 6.07) is 0. The summed E-state index contributed by atoms with van der Waals surface area (Å²) in [6.45, 7) is 0. The van der Waals surface area contributed by atoms with E-state index in [-0.39, 0.29) is 0 Å². The summed E-state index contributed by atoms with van der Waals surface area (Å²) in [5, 5.41) is -1.30. The average Bonchev–Trinajstić information content (AvgIpc) is 2.36. The van der Waals surface area contributed by atoms with Gasteiger partial charge in [-0.1, -0.05) is 21.8 Å². The van der Waals surface area contributed by atoms with Crippen LogP contribution in [0.15, 0.2) is 0 Å². The molecule has 0 N–H and O–H groups in total. The molecule has 1 rings (SSSR count). The molecular weight excluding hydrogens is 140 g/mol. The molecule has 0 heterocycles. The number of amides is 1. The van der Waals surface area contributed by atoms with Crippen LogP contribution < -0.4 is 0 Å². The minimum absolute atomic E-state index is 0.407. The van der Waals surface area contributed by atoms with Crippen molar-refractivity contribution in [1.29, 1.82) is 0 Å². The van der Waals surface area contributed by atoms with Crippen LogP contribution in [0.3, 0.4) is 0 Å². The number of halogens is 2. The van der Waals surface area contributed by atoms with Gasteiger partial charge < -0.3 is 0 Å². The van der Waals surface area contributed by atoms with Crippen molar-refractivity contribution < 1.29 is 13.8 Å². The largest absolute Gasteiger partial charge is 0.286 e. The molecule has 4 heteroatoms. The van der Waals surface area contributed by atoms with Crippen LogP contribution in [0.25, 0.3) is 0 Å². The molecular formula is C6H9F2NO. The third-order valence-corrected chi connectivity index (χ3v) is 1.87. The van der Waals surface area contributed by atoms with Crippen LogP contribution in [0, 0.1) is 5.92 Å². The Hall–Kier alpha value is -0.670. The van der Waals surface area contributed by atoms with E-state index in [1.807, 2.05) is 0 Å². The molecule has 0 aromatic rings. The Balaban J connectivity index is 2.40. The van der Waals surface area contributed by atoms with Crippen molar-refractivity contribution in [2.75, 3.05) is 0 Å². The number of nitrogens with zero attached hydrogens (tertiary/aromatic N) is 1. The highest BCUT2D eigenvalue weighted by Gasteiger charge is 2.27. The molecule has 1 fully saturated rings. The van der Waals surface area contributed by atoms with Crippen LogP contribution in [0.4, 0.5) is 8.96 Å². The molecule has 2 nitrogen and oxygen atoms in total. The quantitative estimate of drug-likeness (QED) is 0.520. The van der Waals surface area contributed by atoms with Crippen molar-refractivity contribution in [2.45, 2.75) is 25.7 Å². The van der Waals surface area contributed by atoms with E-state index >= 15 is 0 Å². The van der Waals surface area contributed by atoms with Crippen LogP contribution >= 0.6 is 0 Å². The van der Waals surface area contributed by atoms with E-state index in [0.29, 0.717) is 12.8 Å². The second-order valence-corrected chi connectivity index (χ2v) is 2.55. The average molecular weight is 149 g/mol.